The minimum Gasteiger partial charge on any atom is -0.508 e. The number of phenols is 1. The summed E-state index contributed by atoms with van der Waals surface area (Å²) in [6, 6.07) is 4.63. The van der Waals surface area contributed by atoms with Crippen molar-refractivity contribution in [1.29, 1.82) is 0 Å². The molecule has 0 saturated carbocycles. The van der Waals surface area contributed by atoms with Crippen LogP contribution in [0.1, 0.15) is 12.5 Å². The van der Waals surface area contributed by atoms with Crippen molar-refractivity contribution < 1.29 is 9.90 Å². The topological polar surface area (TPSA) is 37.3 Å². The Balaban J connectivity index is 2.67. The van der Waals surface area contributed by atoms with E-state index < -0.39 is 0 Å². The molecule has 0 heterocycles. The molecule has 0 amide bonds. The van der Waals surface area contributed by atoms with Gasteiger partial charge in [-0.15, -0.1) is 0 Å². The Hall–Kier alpha value is -1.11. The molecular formula is C11H9ClO2S. The monoisotopic (exact) mass is 240 g/mol. The fourth-order valence-electron chi connectivity index (χ4n) is 0.922. The second kappa shape index (κ2) is 5.69. The molecule has 4 heteroatoms. The summed E-state index contributed by atoms with van der Waals surface area (Å²) in [7, 11) is 0. The van der Waals surface area contributed by atoms with Gasteiger partial charge in [0.25, 0.3) is 0 Å². The second-order valence-corrected chi connectivity index (χ2v) is 4.37. The zero-order valence-corrected chi connectivity index (χ0v) is 9.65. The number of hydrogen-bond donors (Lipinski definition) is 1. The summed E-state index contributed by atoms with van der Waals surface area (Å²) in [6.45, 7) is 1.50. The molecule has 1 rings (SSSR count). The lowest BCUT2D eigenvalue weighted by atomic mass is 10.2. The lowest BCUT2D eigenvalue weighted by molar-refractivity contribution is -0.109. The smallest absolute Gasteiger partial charge is 0.186 e. The van der Waals surface area contributed by atoms with Crippen molar-refractivity contribution in [2.45, 2.75) is 6.92 Å². The third kappa shape index (κ3) is 4.78. The van der Waals surface area contributed by atoms with Crippen molar-refractivity contribution >= 4 is 28.5 Å². The van der Waals surface area contributed by atoms with Crippen LogP contribution in [0.15, 0.2) is 18.2 Å². The Morgan fingerprint density at radius 2 is 2.27 bits per heavy atom. The highest BCUT2D eigenvalue weighted by molar-refractivity contribution is 8.13. The van der Waals surface area contributed by atoms with Gasteiger partial charge in [0.1, 0.15) is 5.75 Å². The Morgan fingerprint density at radius 3 is 2.87 bits per heavy atom. The molecule has 0 saturated heterocycles. The van der Waals surface area contributed by atoms with Crippen LogP contribution < -0.4 is 0 Å². The van der Waals surface area contributed by atoms with Crippen molar-refractivity contribution in [1.82, 2.24) is 0 Å². The van der Waals surface area contributed by atoms with Crippen LogP contribution in [0.25, 0.3) is 0 Å². The Morgan fingerprint density at radius 1 is 1.53 bits per heavy atom. The first-order valence-electron chi connectivity index (χ1n) is 4.20. The van der Waals surface area contributed by atoms with E-state index in [9.17, 15) is 9.90 Å². The molecule has 0 aliphatic rings. The zero-order chi connectivity index (χ0) is 11.3. The first-order chi connectivity index (χ1) is 7.08. The molecule has 0 fully saturated rings. The van der Waals surface area contributed by atoms with Gasteiger partial charge < -0.3 is 5.11 Å². The number of aromatic hydroxyl groups is 1. The summed E-state index contributed by atoms with van der Waals surface area (Å²) < 4.78 is 0. The Labute approximate surface area is 97.6 Å². The predicted molar refractivity (Wildman–Crippen MR) is 63.1 cm³/mol. The quantitative estimate of drug-likeness (QED) is 0.767. The van der Waals surface area contributed by atoms with Crippen molar-refractivity contribution in [3.8, 4) is 17.6 Å². The van der Waals surface area contributed by atoms with E-state index in [2.05, 4.69) is 11.8 Å². The fourth-order valence-corrected chi connectivity index (χ4v) is 1.50. The summed E-state index contributed by atoms with van der Waals surface area (Å²) in [6.07, 6.45) is 0. The number of phenolic OH excluding ortho intramolecular Hbond substituents is 1. The third-order valence-electron chi connectivity index (χ3n) is 1.46. The van der Waals surface area contributed by atoms with Gasteiger partial charge in [-0.25, -0.2) is 0 Å². The van der Waals surface area contributed by atoms with Crippen LogP contribution in [0.4, 0.5) is 0 Å². The van der Waals surface area contributed by atoms with Gasteiger partial charge in [0.15, 0.2) is 5.12 Å². The van der Waals surface area contributed by atoms with Crippen LogP contribution in [0, 0.1) is 11.8 Å². The summed E-state index contributed by atoms with van der Waals surface area (Å²) >= 11 is 6.88. The van der Waals surface area contributed by atoms with Crippen LogP contribution in [0.5, 0.6) is 5.75 Å². The number of thioether (sulfide) groups is 1. The largest absolute Gasteiger partial charge is 0.508 e. The number of benzene rings is 1. The number of carbonyl (C=O) groups excluding carboxylic acids is 1. The van der Waals surface area contributed by atoms with Crippen molar-refractivity contribution in [3.05, 3.63) is 28.8 Å². The average molecular weight is 241 g/mol. The van der Waals surface area contributed by atoms with Crippen molar-refractivity contribution in [2.24, 2.45) is 0 Å². The van der Waals surface area contributed by atoms with E-state index >= 15 is 0 Å². The molecule has 2 nitrogen and oxygen atoms in total. The van der Waals surface area contributed by atoms with Crippen molar-refractivity contribution in [2.75, 3.05) is 5.75 Å². The van der Waals surface area contributed by atoms with Crippen LogP contribution in [-0.4, -0.2) is 16.0 Å². The highest BCUT2D eigenvalue weighted by Crippen LogP contribution is 2.18. The summed E-state index contributed by atoms with van der Waals surface area (Å²) in [4.78, 5) is 10.6. The SMILES string of the molecule is CC(=O)SCC#Cc1cc(O)cc(Cl)c1. The number of carbonyl (C=O) groups is 1. The normalized spacial score (nSPS) is 9.20. The van der Waals surface area contributed by atoms with E-state index in [1.807, 2.05) is 0 Å². The zero-order valence-electron chi connectivity index (χ0n) is 8.08. The molecule has 0 atom stereocenters. The molecule has 0 spiro atoms. The van der Waals surface area contributed by atoms with Gasteiger partial charge in [0, 0.05) is 17.5 Å². The van der Waals surface area contributed by atoms with E-state index in [0.29, 0.717) is 16.3 Å². The van der Waals surface area contributed by atoms with Gasteiger partial charge in [-0.3, -0.25) is 4.79 Å². The van der Waals surface area contributed by atoms with Crippen LogP contribution in [0.2, 0.25) is 5.02 Å². The molecule has 78 valence electrons. The van der Waals surface area contributed by atoms with Gasteiger partial charge in [0.05, 0.1) is 5.75 Å². The fraction of sp³-hybridized carbons (Fsp3) is 0.182. The van der Waals surface area contributed by atoms with Gasteiger partial charge >= 0.3 is 0 Å². The van der Waals surface area contributed by atoms with E-state index in [4.69, 9.17) is 11.6 Å². The summed E-state index contributed by atoms with van der Waals surface area (Å²) in [5.41, 5.74) is 0.643. The summed E-state index contributed by atoms with van der Waals surface area (Å²) in [5.74, 6) is 6.16. The molecule has 0 aromatic heterocycles. The average Bonchev–Trinajstić information content (AvgIpc) is 2.10. The molecule has 0 aliphatic carbocycles. The van der Waals surface area contributed by atoms with Crippen molar-refractivity contribution in [3.63, 3.8) is 0 Å². The van der Waals surface area contributed by atoms with Crippen LogP contribution in [0.3, 0.4) is 0 Å². The van der Waals surface area contributed by atoms with Gasteiger partial charge in [-0.1, -0.05) is 35.2 Å². The van der Waals surface area contributed by atoms with Crippen LogP contribution >= 0.6 is 23.4 Å². The number of hydrogen-bond acceptors (Lipinski definition) is 3. The first kappa shape index (κ1) is 12.0. The molecular weight excluding hydrogens is 232 g/mol. The molecule has 1 aromatic rings. The van der Waals surface area contributed by atoms with E-state index in [-0.39, 0.29) is 10.9 Å². The standard InChI is InChI=1S/C11H9ClO2S/c1-8(13)15-4-2-3-9-5-10(12)7-11(14)6-9/h5-7,14H,4H2,1H3. The highest BCUT2D eigenvalue weighted by atomic mass is 35.5. The minimum atomic E-state index is 0.0400. The molecule has 15 heavy (non-hydrogen) atoms. The van der Waals surface area contributed by atoms with Crippen LogP contribution in [-0.2, 0) is 4.79 Å². The second-order valence-electron chi connectivity index (χ2n) is 2.78. The highest BCUT2D eigenvalue weighted by Gasteiger charge is 1.95. The lowest BCUT2D eigenvalue weighted by Gasteiger charge is -1.94. The van der Waals surface area contributed by atoms with Gasteiger partial charge in [-0.05, 0) is 18.2 Å². The maximum atomic E-state index is 10.6. The Kier molecular flexibility index (Phi) is 4.54. The maximum absolute atomic E-state index is 10.6. The molecule has 0 aliphatic heterocycles. The Bertz CT molecular complexity index is 412. The van der Waals surface area contributed by atoms with E-state index in [1.165, 1.54) is 19.1 Å². The first-order valence-corrected chi connectivity index (χ1v) is 5.56. The van der Waals surface area contributed by atoms with Gasteiger partial charge in [-0.2, -0.15) is 0 Å². The van der Waals surface area contributed by atoms with Gasteiger partial charge in [0.2, 0.25) is 0 Å². The predicted octanol–water partition coefficient (Wildman–Crippen LogP) is 2.68. The molecule has 0 radical (unpaired) electrons. The molecule has 0 bridgehead atoms. The third-order valence-corrected chi connectivity index (χ3v) is 2.38. The minimum absolute atomic E-state index is 0.0400. The number of rotatable bonds is 1. The lowest BCUT2D eigenvalue weighted by Crippen LogP contribution is -1.82. The van der Waals surface area contributed by atoms with E-state index in [1.54, 1.807) is 6.07 Å². The number of halogens is 1. The molecule has 1 aromatic carbocycles. The molecule has 1 N–H and O–H groups in total. The van der Waals surface area contributed by atoms with E-state index in [0.717, 1.165) is 11.8 Å². The summed E-state index contributed by atoms with van der Waals surface area (Å²) in [5, 5.41) is 9.71. The molecule has 0 unspecified atom stereocenters. The maximum Gasteiger partial charge on any atom is 0.186 e.